The molecule has 0 saturated heterocycles. The number of benzene rings is 1. The molecular formula is C16H19N. The average molecular weight is 225 g/mol. The van der Waals surface area contributed by atoms with Crippen molar-refractivity contribution in [2.75, 3.05) is 0 Å². The number of rotatable bonds is 1. The minimum atomic E-state index is 0.612. The zero-order valence-corrected chi connectivity index (χ0v) is 10.8. The minimum absolute atomic E-state index is 0.612. The van der Waals surface area contributed by atoms with Crippen molar-refractivity contribution in [2.45, 2.75) is 58.3 Å². The fraction of sp³-hybridized carbons (Fsp3) is 0.562. The third-order valence-corrected chi connectivity index (χ3v) is 4.38. The largest absolute Gasteiger partial charge is 0.192 e. The molecule has 0 saturated carbocycles. The molecule has 0 atom stereocenters. The van der Waals surface area contributed by atoms with Crippen molar-refractivity contribution in [3.8, 4) is 6.07 Å². The molecule has 1 heteroatoms. The molecule has 0 heterocycles. The van der Waals surface area contributed by atoms with E-state index < -0.39 is 0 Å². The monoisotopic (exact) mass is 225 g/mol. The van der Waals surface area contributed by atoms with Crippen LogP contribution in [0.25, 0.3) is 0 Å². The van der Waals surface area contributed by atoms with Gasteiger partial charge in [0.05, 0.1) is 11.6 Å². The third-order valence-electron chi connectivity index (χ3n) is 4.38. The molecule has 1 aromatic carbocycles. The van der Waals surface area contributed by atoms with Gasteiger partial charge >= 0.3 is 0 Å². The van der Waals surface area contributed by atoms with E-state index in [2.05, 4.69) is 19.9 Å². The normalized spacial score (nSPS) is 17.1. The summed E-state index contributed by atoms with van der Waals surface area (Å²) in [6.45, 7) is 4.61. The second-order valence-electron chi connectivity index (χ2n) is 5.68. The molecule has 17 heavy (non-hydrogen) atoms. The van der Waals surface area contributed by atoms with Gasteiger partial charge in [-0.1, -0.05) is 13.8 Å². The first-order valence-electron chi connectivity index (χ1n) is 6.83. The van der Waals surface area contributed by atoms with Crippen LogP contribution < -0.4 is 0 Å². The average Bonchev–Trinajstić information content (AvgIpc) is 2.92. The van der Waals surface area contributed by atoms with E-state index in [0.29, 0.717) is 5.92 Å². The van der Waals surface area contributed by atoms with Crippen LogP contribution in [0.1, 0.15) is 66.0 Å². The van der Waals surface area contributed by atoms with Crippen molar-refractivity contribution in [2.24, 2.45) is 0 Å². The minimum Gasteiger partial charge on any atom is -0.192 e. The summed E-state index contributed by atoms with van der Waals surface area (Å²) in [6.07, 6.45) is 7.14. The Morgan fingerprint density at radius 3 is 1.76 bits per heavy atom. The van der Waals surface area contributed by atoms with Crippen LogP contribution in [0, 0.1) is 11.3 Å². The van der Waals surface area contributed by atoms with Crippen LogP contribution in [0.15, 0.2) is 0 Å². The molecule has 0 aliphatic heterocycles. The Labute approximate surface area is 103 Å². The predicted molar refractivity (Wildman–Crippen MR) is 69.3 cm³/mol. The maximum atomic E-state index is 9.45. The van der Waals surface area contributed by atoms with Crippen LogP contribution in [0.5, 0.6) is 0 Å². The lowest BCUT2D eigenvalue weighted by Gasteiger charge is -2.19. The number of nitriles is 1. The second kappa shape index (κ2) is 3.88. The highest BCUT2D eigenvalue weighted by Crippen LogP contribution is 2.41. The van der Waals surface area contributed by atoms with Gasteiger partial charge in [0, 0.05) is 0 Å². The van der Waals surface area contributed by atoms with Crippen LogP contribution in [0.3, 0.4) is 0 Å². The van der Waals surface area contributed by atoms with Gasteiger partial charge in [-0.2, -0.15) is 5.26 Å². The van der Waals surface area contributed by atoms with Crippen LogP contribution in [-0.2, 0) is 25.7 Å². The Hall–Kier alpha value is -1.29. The van der Waals surface area contributed by atoms with Gasteiger partial charge in [0.1, 0.15) is 0 Å². The summed E-state index contributed by atoms with van der Waals surface area (Å²) in [5.74, 6) is 0.612. The highest BCUT2D eigenvalue weighted by atomic mass is 14.4. The zero-order chi connectivity index (χ0) is 12.0. The SMILES string of the molecule is CC(C)c1c2c(c(C#N)c3c1CCC3)CCC2. The molecule has 1 aromatic rings. The lowest BCUT2D eigenvalue weighted by atomic mass is 9.84. The first-order chi connectivity index (χ1) is 8.24. The Morgan fingerprint density at radius 2 is 1.35 bits per heavy atom. The predicted octanol–water partition coefficient (Wildman–Crippen LogP) is 3.66. The number of hydrogen-bond acceptors (Lipinski definition) is 1. The third kappa shape index (κ3) is 1.43. The summed E-state index contributed by atoms with van der Waals surface area (Å²) in [5.41, 5.74) is 8.53. The van der Waals surface area contributed by atoms with Gasteiger partial charge in [-0.25, -0.2) is 0 Å². The maximum absolute atomic E-state index is 9.45. The first kappa shape index (κ1) is 10.8. The number of fused-ring (bicyclic) bond motifs is 2. The van der Waals surface area contributed by atoms with E-state index in [9.17, 15) is 5.26 Å². The van der Waals surface area contributed by atoms with E-state index in [1.165, 1.54) is 47.9 Å². The molecule has 3 rings (SSSR count). The van der Waals surface area contributed by atoms with Crippen LogP contribution in [0.2, 0.25) is 0 Å². The molecule has 0 unspecified atom stereocenters. The van der Waals surface area contributed by atoms with Crippen molar-refractivity contribution >= 4 is 0 Å². The molecule has 0 radical (unpaired) electrons. The fourth-order valence-electron chi connectivity index (χ4n) is 3.83. The summed E-state index contributed by atoms with van der Waals surface area (Å²) in [5, 5.41) is 9.45. The standard InChI is InChI=1S/C16H19N/c1-10(2)16-13-7-3-5-11(13)15(9-17)12-6-4-8-14(12)16/h10H,3-8H2,1-2H3. The maximum Gasteiger partial charge on any atom is 0.0997 e. The van der Waals surface area contributed by atoms with Gasteiger partial charge < -0.3 is 0 Å². The topological polar surface area (TPSA) is 23.8 Å². The van der Waals surface area contributed by atoms with Gasteiger partial charge in [0.15, 0.2) is 0 Å². The van der Waals surface area contributed by atoms with E-state index in [-0.39, 0.29) is 0 Å². The quantitative estimate of drug-likeness (QED) is 0.715. The molecule has 0 amide bonds. The van der Waals surface area contributed by atoms with E-state index in [0.717, 1.165) is 18.4 Å². The summed E-state index contributed by atoms with van der Waals surface area (Å²) in [7, 11) is 0. The molecular weight excluding hydrogens is 206 g/mol. The highest BCUT2D eigenvalue weighted by molar-refractivity contribution is 5.60. The van der Waals surface area contributed by atoms with Crippen molar-refractivity contribution in [3.05, 3.63) is 33.4 Å². The Bertz CT molecular complexity index is 482. The van der Waals surface area contributed by atoms with Crippen molar-refractivity contribution < 1.29 is 0 Å². The summed E-state index contributed by atoms with van der Waals surface area (Å²) in [4.78, 5) is 0. The van der Waals surface area contributed by atoms with Crippen molar-refractivity contribution in [3.63, 3.8) is 0 Å². The number of nitrogens with zero attached hydrogens (tertiary/aromatic N) is 1. The lowest BCUT2D eigenvalue weighted by molar-refractivity contribution is 0.816. The van der Waals surface area contributed by atoms with E-state index >= 15 is 0 Å². The molecule has 88 valence electrons. The lowest BCUT2D eigenvalue weighted by Crippen LogP contribution is -2.06. The Kier molecular flexibility index (Phi) is 2.47. The van der Waals surface area contributed by atoms with Crippen molar-refractivity contribution in [1.29, 1.82) is 5.26 Å². The molecule has 0 N–H and O–H groups in total. The van der Waals surface area contributed by atoms with Gasteiger partial charge in [-0.3, -0.25) is 0 Å². The van der Waals surface area contributed by atoms with E-state index in [1.54, 1.807) is 5.56 Å². The van der Waals surface area contributed by atoms with Gasteiger partial charge in [0.2, 0.25) is 0 Å². The van der Waals surface area contributed by atoms with Crippen LogP contribution in [-0.4, -0.2) is 0 Å². The molecule has 1 nitrogen and oxygen atoms in total. The summed E-state index contributed by atoms with van der Waals surface area (Å²) in [6, 6.07) is 2.49. The molecule has 2 aliphatic carbocycles. The van der Waals surface area contributed by atoms with E-state index in [1.807, 2.05) is 0 Å². The summed E-state index contributed by atoms with van der Waals surface area (Å²) < 4.78 is 0. The highest BCUT2D eigenvalue weighted by Gasteiger charge is 2.29. The Balaban J connectivity index is 2.35. The number of hydrogen-bond donors (Lipinski definition) is 0. The smallest absolute Gasteiger partial charge is 0.0997 e. The molecule has 0 aromatic heterocycles. The van der Waals surface area contributed by atoms with Crippen LogP contribution >= 0.6 is 0 Å². The first-order valence-corrected chi connectivity index (χ1v) is 6.83. The van der Waals surface area contributed by atoms with Crippen molar-refractivity contribution in [1.82, 2.24) is 0 Å². The molecule has 0 bridgehead atoms. The summed E-state index contributed by atoms with van der Waals surface area (Å²) >= 11 is 0. The second-order valence-corrected chi connectivity index (χ2v) is 5.68. The van der Waals surface area contributed by atoms with E-state index in [4.69, 9.17) is 0 Å². The molecule has 2 aliphatic rings. The van der Waals surface area contributed by atoms with Gasteiger partial charge in [0.25, 0.3) is 0 Å². The zero-order valence-electron chi connectivity index (χ0n) is 10.8. The molecule has 0 fully saturated rings. The Morgan fingerprint density at radius 1 is 0.882 bits per heavy atom. The van der Waals surface area contributed by atoms with Crippen LogP contribution in [0.4, 0.5) is 0 Å². The van der Waals surface area contributed by atoms with Gasteiger partial charge in [-0.05, 0) is 72.3 Å². The fourth-order valence-corrected chi connectivity index (χ4v) is 3.83. The van der Waals surface area contributed by atoms with Gasteiger partial charge in [-0.15, -0.1) is 0 Å². The molecule has 0 spiro atoms.